The standard InChI is InChI=1S/C23H16BrN3O4/c1-31-20-12-4-16(5-13-20)22-25-21(14-15-2-8-19(9-3-15)27(29)30)23(28)26(22)18-10-6-17(24)7-11-18/h2-14H,1H3/b21-14+. The second-order valence-electron chi connectivity index (χ2n) is 6.66. The fourth-order valence-corrected chi connectivity index (χ4v) is 3.39. The molecule has 7 nitrogen and oxygen atoms in total. The second-order valence-corrected chi connectivity index (χ2v) is 7.57. The summed E-state index contributed by atoms with van der Waals surface area (Å²) in [7, 11) is 1.59. The number of nitrogens with zero attached hydrogens (tertiary/aromatic N) is 3. The minimum Gasteiger partial charge on any atom is -0.497 e. The zero-order valence-electron chi connectivity index (χ0n) is 16.4. The van der Waals surface area contributed by atoms with Gasteiger partial charge in [-0.1, -0.05) is 15.9 Å². The summed E-state index contributed by atoms with van der Waals surface area (Å²) in [6.45, 7) is 0. The van der Waals surface area contributed by atoms with Gasteiger partial charge in [0.05, 0.1) is 17.7 Å². The smallest absolute Gasteiger partial charge is 0.282 e. The lowest BCUT2D eigenvalue weighted by atomic mass is 10.1. The van der Waals surface area contributed by atoms with Crippen LogP contribution in [-0.4, -0.2) is 23.8 Å². The molecular weight excluding hydrogens is 462 g/mol. The van der Waals surface area contributed by atoms with Gasteiger partial charge in [0.25, 0.3) is 11.6 Å². The number of hydrogen-bond acceptors (Lipinski definition) is 5. The van der Waals surface area contributed by atoms with E-state index in [0.717, 1.165) is 10.0 Å². The topological polar surface area (TPSA) is 85.0 Å². The van der Waals surface area contributed by atoms with Crippen molar-refractivity contribution in [3.63, 3.8) is 0 Å². The van der Waals surface area contributed by atoms with Gasteiger partial charge < -0.3 is 4.74 Å². The molecule has 3 aromatic carbocycles. The average molecular weight is 478 g/mol. The Labute approximate surface area is 186 Å². The Morgan fingerprint density at radius 2 is 1.65 bits per heavy atom. The molecule has 0 N–H and O–H groups in total. The van der Waals surface area contributed by atoms with E-state index in [1.807, 2.05) is 36.4 Å². The third kappa shape index (κ3) is 4.24. The molecule has 0 bridgehead atoms. The molecule has 0 saturated heterocycles. The first-order valence-corrected chi connectivity index (χ1v) is 10.0. The summed E-state index contributed by atoms with van der Waals surface area (Å²) in [6, 6.07) is 20.6. The van der Waals surface area contributed by atoms with Crippen LogP contribution in [0.1, 0.15) is 11.1 Å². The molecule has 0 saturated carbocycles. The summed E-state index contributed by atoms with van der Waals surface area (Å²) in [4.78, 5) is 29.8. The van der Waals surface area contributed by atoms with E-state index in [-0.39, 0.29) is 17.3 Å². The van der Waals surface area contributed by atoms with Crippen molar-refractivity contribution in [1.82, 2.24) is 0 Å². The van der Waals surface area contributed by atoms with E-state index in [2.05, 4.69) is 20.9 Å². The Morgan fingerprint density at radius 3 is 2.23 bits per heavy atom. The van der Waals surface area contributed by atoms with E-state index >= 15 is 0 Å². The Hall–Kier alpha value is -3.78. The van der Waals surface area contributed by atoms with Gasteiger partial charge in [-0.25, -0.2) is 4.99 Å². The van der Waals surface area contributed by atoms with E-state index < -0.39 is 4.92 Å². The Morgan fingerprint density at radius 1 is 1.00 bits per heavy atom. The highest BCUT2D eigenvalue weighted by molar-refractivity contribution is 9.10. The molecule has 1 heterocycles. The number of amidine groups is 1. The number of methoxy groups -OCH3 is 1. The number of aliphatic imine (C=N–C) groups is 1. The van der Waals surface area contributed by atoms with Crippen molar-refractivity contribution in [3.8, 4) is 5.75 Å². The van der Waals surface area contributed by atoms with E-state index in [4.69, 9.17) is 4.74 Å². The van der Waals surface area contributed by atoms with Gasteiger partial charge in [-0.15, -0.1) is 0 Å². The number of carbonyl (C=O) groups excluding carboxylic acids is 1. The minimum absolute atomic E-state index is 0.0150. The average Bonchev–Trinajstić information content (AvgIpc) is 3.10. The van der Waals surface area contributed by atoms with Crippen LogP contribution in [0, 0.1) is 10.1 Å². The van der Waals surface area contributed by atoms with Crippen LogP contribution in [0.4, 0.5) is 11.4 Å². The second kappa shape index (κ2) is 8.53. The van der Waals surface area contributed by atoms with Crippen LogP contribution in [-0.2, 0) is 4.79 Å². The molecule has 0 unspecified atom stereocenters. The number of ether oxygens (including phenoxy) is 1. The zero-order valence-corrected chi connectivity index (χ0v) is 17.9. The largest absolute Gasteiger partial charge is 0.497 e. The molecule has 4 rings (SSSR count). The highest BCUT2D eigenvalue weighted by atomic mass is 79.9. The number of hydrogen-bond donors (Lipinski definition) is 0. The molecular formula is C23H16BrN3O4. The normalized spacial score (nSPS) is 14.6. The van der Waals surface area contributed by atoms with Crippen molar-refractivity contribution in [2.75, 3.05) is 12.0 Å². The van der Waals surface area contributed by atoms with Crippen molar-refractivity contribution in [2.45, 2.75) is 0 Å². The minimum atomic E-state index is -0.465. The van der Waals surface area contributed by atoms with Gasteiger partial charge in [0, 0.05) is 22.2 Å². The molecule has 0 aromatic heterocycles. The number of anilines is 1. The number of non-ortho nitro benzene ring substituents is 1. The van der Waals surface area contributed by atoms with Gasteiger partial charge in [0.2, 0.25) is 0 Å². The first-order valence-electron chi connectivity index (χ1n) is 9.25. The number of nitro benzene ring substituents is 1. The van der Waals surface area contributed by atoms with E-state index in [1.54, 1.807) is 42.4 Å². The van der Waals surface area contributed by atoms with E-state index in [0.29, 0.717) is 22.8 Å². The van der Waals surface area contributed by atoms with Crippen LogP contribution in [0.25, 0.3) is 6.08 Å². The molecule has 1 amide bonds. The molecule has 0 aliphatic carbocycles. The van der Waals surface area contributed by atoms with Gasteiger partial charge in [-0.3, -0.25) is 19.8 Å². The number of rotatable bonds is 5. The molecule has 1 aliphatic rings. The van der Waals surface area contributed by atoms with Crippen LogP contribution in [0.5, 0.6) is 5.75 Å². The lowest BCUT2D eigenvalue weighted by Crippen LogP contribution is -2.32. The molecule has 0 fully saturated rings. The molecule has 1 aliphatic heterocycles. The lowest BCUT2D eigenvalue weighted by molar-refractivity contribution is -0.384. The molecule has 0 spiro atoms. The molecule has 154 valence electrons. The Balaban J connectivity index is 1.77. The van der Waals surface area contributed by atoms with Gasteiger partial charge >= 0.3 is 0 Å². The first-order chi connectivity index (χ1) is 15.0. The molecule has 0 atom stereocenters. The SMILES string of the molecule is COc1ccc(C2=N/C(=C/c3ccc([N+](=O)[O-])cc3)C(=O)N2c2ccc(Br)cc2)cc1. The fourth-order valence-electron chi connectivity index (χ4n) is 3.13. The maximum absolute atomic E-state index is 13.3. The van der Waals surface area contributed by atoms with Crippen LogP contribution < -0.4 is 9.64 Å². The summed E-state index contributed by atoms with van der Waals surface area (Å²) < 4.78 is 6.12. The Bertz CT molecular complexity index is 1200. The number of nitro groups is 1. The number of halogens is 1. The van der Waals surface area contributed by atoms with Crippen molar-refractivity contribution in [3.05, 3.63) is 104 Å². The lowest BCUT2D eigenvalue weighted by Gasteiger charge is -2.18. The number of benzene rings is 3. The van der Waals surface area contributed by atoms with Crippen LogP contribution in [0.15, 0.2) is 88.0 Å². The summed E-state index contributed by atoms with van der Waals surface area (Å²) >= 11 is 3.41. The summed E-state index contributed by atoms with van der Waals surface area (Å²) in [5, 5.41) is 10.9. The highest BCUT2D eigenvalue weighted by Crippen LogP contribution is 2.29. The maximum atomic E-state index is 13.3. The van der Waals surface area contributed by atoms with Crippen LogP contribution >= 0.6 is 15.9 Å². The van der Waals surface area contributed by atoms with Gasteiger partial charge in [-0.2, -0.15) is 0 Å². The van der Waals surface area contributed by atoms with E-state index in [9.17, 15) is 14.9 Å². The van der Waals surface area contributed by atoms with Gasteiger partial charge in [-0.05, 0) is 72.3 Å². The molecule has 8 heteroatoms. The van der Waals surface area contributed by atoms with Gasteiger partial charge in [0.1, 0.15) is 17.3 Å². The first kappa shape index (κ1) is 20.5. The van der Waals surface area contributed by atoms with E-state index in [1.165, 1.54) is 12.1 Å². The zero-order chi connectivity index (χ0) is 22.0. The summed E-state index contributed by atoms with van der Waals surface area (Å²) in [5.74, 6) is 0.903. The predicted molar refractivity (Wildman–Crippen MR) is 122 cm³/mol. The predicted octanol–water partition coefficient (Wildman–Crippen LogP) is 5.20. The van der Waals surface area contributed by atoms with Crippen molar-refractivity contribution >= 4 is 45.1 Å². The number of amides is 1. The van der Waals surface area contributed by atoms with Crippen molar-refractivity contribution < 1.29 is 14.5 Å². The van der Waals surface area contributed by atoms with Gasteiger partial charge in [0.15, 0.2) is 0 Å². The molecule has 3 aromatic rings. The quantitative estimate of drug-likeness (QED) is 0.287. The van der Waals surface area contributed by atoms with Crippen LogP contribution in [0.3, 0.4) is 0 Å². The van der Waals surface area contributed by atoms with Crippen molar-refractivity contribution in [1.29, 1.82) is 0 Å². The number of carbonyl (C=O) groups is 1. The summed E-state index contributed by atoms with van der Waals surface area (Å²) in [6.07, 6.45) is 1.62. The maximum Gasteiger partial charge on any atom is 0.282 e. The highest BCUT2D eigenvalue weighted by Gasteiger charge is 2.32. The molecule has 0 radical (unpaired) electrons. The Kier molecular flexibility index (Phi) is 5.64. The third-order valence-electron chi connectivity index (χ3n) is 4.70. The third-order valence-corrected chi connectivity index (χ3v) is 5.23. The monoisotopic (exact) mass is 477 g/mol. The van der Waals surface area contributed by atoms with Crippen LogP contribution in [0.2, 0.25) is 0 Å². The molecule has 31 heavy (non-hydrogen) atoms. The van der Waals surface area contributed by atoms with Crippen molar-refractivity contribution in [2.24, 2.45) is 4.99 Å². The summed E-state index contributed by atoms with van der Waals surface area (Å²) in [5.41, 5.74) is 2.30. The fraction of sp³-hybridized carbons (Fsp3) is 0.0435.